The topological polar surface area (TPSA) is 12.0 Å². The maximum Gasteiger partial charge on any atom is 0.0379 e. The first-order chi connectivity index (χ1) is 10.3. The molecule has 0 saturated heterocycles. The van der Waals surface area contributed by atoms with E-state index in [1.165, 1.54) is 48.9 Å². The van der Waals surface area contributed by atoms with Crippen LogP contribution in [0.2, 0.25) is 0 Å². The highest BCUT2D eigenvalue weighted by molar-refractivity contribution is 5.71. The fourth-order valence-electron chi connectivity index (χ4n) is 3.74. The summed E-state index contributed by atoms with van der Waals surface area (Å²) in [4.78, 5) is 0. The van der Waals surface area contributed by atoms with Crippen LogP contribution in [0, 0.1) is 0 Å². The molecule has 1 heteroatoms. The van der Waals surface area contributed by atoms with Crippen LogP contribution >= 0.6 is 0 Å². The lowest BCUT2D eigenvalue weighted by atomic mass is 9.89. The summed E-state index contributed by atoms with van der Waals surface area (Å²) in [5, 5.41) is 3.76. The molecule has 0 aromatic heterocycles. The lowest BCUT2D eigenvalue weighted by molar-refractivity contribution is 0.562. The molecule has 1 nitrogen and oxygen atoms in total. The van der Waals surface area contributed by atoms with Crippen LogP contribution in [0.3, 0.4) is 0 Å². The molecule has 21 heavy (non-hydrogen) atoms. The Balaban J connectivity index is 1.86. The molecule has 2 aliphatic rings. The van der Waals surface area contributed by atoms with Gasteiger partial charge in [0, 0.05) is 17.6 Å². The van der Waals surface area contributed by atoms with Gasteiger partial charge in [0.1, 0.15) is 0 Å². The quantitative estimate of drug-likeness (QED) is 0.680. The van der Waals surface area contributed by atoms with Gasteiger partial charge in [-0.25, -0.2) is 0 Å². The first-order valence-corrected chi connectivity index (χ1v) is 8.54. The molecular weight excluding hydrogens is 254 g/mol. The Kier molecular flexibility index (Phi) is 4.48. The van der Waals surface area contributed by atoms with Crippen molar-refractivity contribution in [3.63, 3.8) is 0 Å². The van der Waals surface area contributed by atoms with E-state index >= 15 is 0 Å². The monoisotopic (exact) mass is 281 g/mol. The SMILES string of the molecule is CC/C=C\C=C(/C)c1ccc2c(c1)C1CCCCCC1N2. The van der Waals surface area contributed by atoms with Crippen molar-refractivity contribution in [2.24, 2.45) is 0 Å². The first kappa shape index (κ1) is 14.4. The van der Waals surface area contributed by atoms with Gasteiger partial charge in [0.25, 0.3) is 0 Å². The predicted octanol–water partition coefficient (Wildman–Crippen LogP) is 5.90. The van der Waals surface area contributed by atoms with E-state index in [1.807, 2.05) is 0 Å². The van der Waals surface area contributed by atoms with Gasteiger partial charge in [0.05, 0.1) is 0 Å². The Labute approximate surface area is 129 Å². The Morgan fingerprint density at radius 1 is 1.24 bits per heavy atom. The van der Waals surface area contributed by atoms with Gasteiger partial charge in [0.2, 0.25) is 0 Å². The Morgan fingerprint density at radius 3 is 2.95 bits per heavy atom. The fourth-order valence-corrected chi connectivity index (χ4v) is 3.74. The van der Waals surface area contributed by atoms with Crippen LogP contribution in [0.1, 0.15) is 69.4 Å². The summed E-state index contributed by atoms with van der Waals surface area (Å²) in [6.45, 7) is 4.39. The molecule has 112 valence electrons. The van der Waals surface area contributed by atoms with Crippen LogP contribution in [0.4, 0.5) is 5.69 Å². The molecular formula is C20H27N. The van der Waals surface area contributed by atoms with Crippen molar-refractivity contribution in [2.45, 2.75) is 64.3 Å². The Bertz CT molecular complexity index is 553. The largest absolute Gasteiger partial charge is 0.381 e. The van der Waals surface area contributed by atoms with Crippen LogP contribution in [-0.2, 0) is 0 Å². The molecule has 0 radical (unpaired) electrons. The normalized spacial score (nSPS) is 25.3. The van der Waals surface area contributed by atoms with Crippen LogP contribution in [0.5, 0.6) is 0 Å². The molecule has 3 rings (SSSR count). The van der Waals surface area contributed by atoms with Gasteiger partial charge in [0.15, 0.2) is 0 Å². The molecule has 2 unspecified atom stereocenters. The summed E-state index contributed by atoms with van der Waals surface area (Å²) in [5.41, 5.74) is 5.68. The minimum absolute atomic E-state index is 0.682. The minimum Gasteiger partial charge on any atom is -0.381 e. The third-order valence-electron chi connectivity index (χ3n) is 4.98. The number of benzene rings is 1. The van der Waals surface area contributed by atoms with E-state index in [9.17, 15) is 0 Å². The van der Waals surface area contributed by atoms with Crippen molar-refractivity contribution in [1.82, 2.24) is 0 Å². The Morgan fingerprint density at radius 2 is 2.10 bits per heavy atom. The van der Waals surface area contributed by atoms with Crippen LogP contribution < -0.4 is 5.32 Å². The van der Waals surface area contributed by atoms with Crippen molar-refractivity contribution in [3.05, 3.63) is 47.6 Å². The number of allylic oxidation sites excluding steroid dienone is 4. The van der Waals surface area contributed by atoms with Gasteiger partial charge in [-0.05, 0) is 55.0 Å². The fraction of sp³-hybridized carbons (Fsp3) is 0.500. The third kappa shape index (κ3) is 3.07. The zero-order valence-electron chi connectivity index (χ0n) is 13.4. The van der Waals surface area contributed by atoms with Crippen LogP contribution in [0.15, 0.2) is 36.4 Å². The summed E-state index contributed by atoms with van der Waals surface area (Å²) in [6, 6.07) is 7.68. The average Bonchev–Trinajstić information content (AvgIpc) is 2.68. The zero-order valence-corrected chi connectivity index (χ0v) is 13.4. The lowest BCUT2D eigenvalue weighted by Crippen LogP contribution is -2.18. The predicted molar refractivity (Wildman–Crippen MR) is 92.8 cm³/mol. The highest BCUT2D eigenvalue weighted by Crippen LogP contribution is 2.43. The van der Waals surface area contributed by atoms with Crippen molar-refractivity contribution in [3.8, 4) is 0 Å². The number of anilines is 1. The van der Waals surface area contributed by atoms with Gasteiger partial charge < -0.3 is 5.32 Å². The molecule has 2 atom stereocenters. The van der Waals surface area contributed by atoms with E-state index in [2.05, 4.69) is 55.6 Å². The average molecular weight is 281 g/mol. The van der Waals surface area contributed by atoms with Gasteiger partial charge in [-0.1, -0.05) is 50.5 Å². The lowest BCUT2D eigenvalue weighted by Gasteiger charge is -2.16. The smallest absolute Gasteiger partial charge is 0.0379 e. The summed E-state index contributed by atoms with van der Waals surface area (Å²) < 4.78 is 0. The summed E-state index contributed by atoms with van der Waals surface area (Å²) in [5.74, 6) is 0.737. The second-order valence-corrected chi connectivity index (χ2v) is 6.48. The van der Waals surface area contributed by atoms with Crippen molar-refractivity contribution in [2.75, 3.05) is 5.32 Å². The number of rotatable bonds is 3. The molecule has 1 heterocycles. The van der Waals surface area contributed by atoms with E-state index in [1.54, 1.807) is 5.56 Å². The maximum atomic E-state index is 3.76. The third-order valence-corrected chi connectivity index (χ3v) is 4.98. The first-order valence-electron chi connectivity index (χ1n) is 8.54. The van der Waals surface area contributed by atoms with Crippen LogP contribution in [-0.4, -0.2) is 6.04 Å². The number of nitrogens with one attached hydrogen (secondary N) is 1. The van der Waals surface area contributed by atoms with Crippen molar-refractivity contribution in [1.29, 1.82) is 0 Å². The van der Waals surface area contributed by atoms with Crippen LogP contribution in [0.25, 0.3) is 5.57 Å². The number of hydrogen-bond donors (Lipinski definition) is 1. The molecule has 1 aliphatic heterocycles. The molecule has 1 aliphatic carbocycles. The maximum absolute atomic E-state index is 3.76. The molecule has 0 bridgehead atoms. The Hall–Kier alpha value is -1.50. The van der Waals surface area contributed by atoms with Gasteiger partial charge in [-0.15, -0.1) is 0 Å². The highest BCUT2D eigenvalue weighted by atomic mass is 15.0. The second kappa shape index (κ2) is 6.51. The van der Waals surface area contributed by atoms with E-state index in [0.29, 0.717) is 6.04 Å². The zero-order chi connectivity index (χ0) is 14.7. The van der Waals surface area contributed by atoms with Gasteiger partial charge in [-0.2, -0.15) is 0 Å². The van der Waals surface area contributed by atoms with Crippen molar-refractivity contribution < 1.29 is 0 Å². The van der Waals surface area contributed by atoms with Gasteiger partial charge in [-0.3, -0.25) is 0 Å². The summed E-state index contributed by atoms with van der Waals surface area (Å²) >= 11 is 0. The summed E-state index contributed by atoms with van der Waals surface area (Å²) in [6.07, 6.45) is 14.6. The van der Waals surface area contributed by atoms with E-state index in [0.717, 1.165) is 12.3 Å². The molecule has 1 saturated carbocycles. The molecule has 1 aromatic rings. The summed E-state index contributed by atoms with van der Waals surface area (Å²) in [7, 11) is 0. The van der Waals surface area contributed by atoms with Gasteiger partial charge >= 0.3 is 0 Å². The molecule has 1 N–H and O–H groups in total. The van der Waals surface area contributed by atoms with E-state index in [-0.39, 0.29) is 0 Å². The van der Waals surface area contributed by atoms with E-state index < -0.39 is 0 Å². The minimum atomic E-state index is 0.682. The van der Waals surface area contributed by atoms with Crippen molar-refractivity contribution >= 4 is 11.3 Å². The number of hydrogen-bond acceptors (Lipinski definition) is 1. The standard InChI is InChI=1S/C20H27N/c1-3-4-6-9-15(2)16-12-13-20-18(14-16)17-10-7-5-8-11-19(17)21-20/h4,6,9,12-14,17,19,21H,3,5,7-8,10-11H2,1-2H3/b6-4-,15-9+. The molecule has 0 spiro atoms. The molecule has 1 fully saturated rings. The van der Waals surface area contributed by atoms with E-state index in [4.69, 9.17) is 0 Å². The molecule has 0 amide bonds. The number of fused-ring (bicyclic) bond motifs is 3. The second-order valence-electron chi connectivity index (χ2n) is 6.48. The highest BCUT2D eigenvalue weighted by Gasteiger charge is 2.32. The molecule has 1 aromatic carbocycles.